The molecule has 2 atom stereocenters. The van der Waals surface area contributed by atoms with Crippen LogP contribution < -0.4 is 10.6 Å². The van der Waals surface area contributed by atoms with Crippen molar-refractivity contribution in [3.63, 3.8) is 0 Å². The average molecular weight is 392 g/mol. The molecule has 3 N–H and O–H groups in total. The number of halogens is 1. The molecule has 0 unspecified atom stereocenters. The summed E-state index contributed by atoms with van der Waals surface area (Å²) in [7, 11) is 1.57. The number of amides is 1. The lowest BCUT2D eigenvalue weighted by molar-refractivity contribution is -0.143. The molecule has 0 aromatic heterocycles. The van der Waals surface area contributed by atoms with E-state index in [1.165, 1.54) is 0 Å². The monoisotopic (exact) mass is 392 g/mol. The maximum absolute atomic E-state index is 15.0. The van der Waals surface area contributed by atoms with E-state index in [4.69, 9.17) is 20.6 Å². The number of nitrogens with two attached hydrogens (primary N) is 1. The van der Waals surface area contributed by atoms with E-state index < -0.39 is 11.8 Å². The fraction of sp³-hybridized carbons (Fsp3) is 0.526. The van der Waals surface area contributed by atoms with Crippen LogP contribution in [0.5, 0.6) is 0 Å². The van der Waals surface area contributed by atoms with Crippen LogP contribution in [0.4, 0.5) is 10.1 Å². The van der Waals surface area contributed by atoms with Crippen molar-refractivity contribution in [3.05, 3.63) is 29.6 Å². The number of carbonyl (C=O) groups is 2. The number of carbonyl (C=O) groups excluding carboxylic acids is 2. The van der Waals surface area contributed by atoms with Gasteiger partial charge in [-0.3, -0.25) is 15.0 Å². The first kappa shape index (κ1) is 20.1. The lowest BCUT2D eigenvalue weighted by Crippen LogP contribution is -2.49. The third-order valence-electron chi connectivity index (χ3n) is 5.17. The van der Waals surface area contributed by atoms with Crippen molar-refractivity contribution in [1.29, 1.82) is 5.41 Å². The summed E-state index contributed by atoms with van der Waals surface area (Å²) in [6.07, 6.45) is 0.856. The van der Waals surface area contributed by atoms with Crippen LogP contribution in [0.1, 0.15) is 24.8 Å². The highest BCUT2D eigenvalue weighted by Gasteiger charge is 2.45. The second-order valence-corrected chi connectivity index (χ2v) is 7.10. The highest BCUT2D eigenvalue weighted by atomic mass is 19.1. The maximum atomic E-state index is 15.0. The van der Waals surface area contributed by atoms with E-state index in [0.29, 0.717) is 31.8 Å². The molecule has 0 radical (unpaired) electrons. The summed E-state index contributed by atoms with van der Waals surface area (Å²) in [4.78, 5) is 27.7. The van der Waals surface area contributed by atoms with Gasteiger partial charge in [0.25, 0.3) is 0 Å². The number of hydrogen-bond donors (Lipinski definition) is 2. The first-order valence-corrected chi connectivity index (χ1v) is 9.21. The van der Waals surface area contributed by atoms with Crippen LogP contribution >= 0.6 is 0 Å². The van der Waals surface area contributed by atoms with Crippen LogP contribution in [-0.4, -0.2) is 61.5 Å². The molecule has 8 nitrogen and oxygen atoms in total. The second-order valence-electron chi connectivity index (χ2n) is 7.10. The second kappa shape index (κ2) is 8.55. The van der Waals surface area contributed by atoms with E-state index in [-0.39, 0.29) is 42.4 Å². The van der Waals surface area contributed by atoms with Crippen LogP contribution in [0.3, 0.4) is 0 Å². The van der Waals surface area contributed by atoms with Gasteiger partial charge < -0.3 is 25.0 Å². The largest absolute Gasteiger partial charge is 0.460 e. The zero-order valence-corrected chi connectivity index (χ0v) is 15.8. The average Bonchev–Trinajstić information content (AvgIpc) is 3.25. The zero-order chi connectivity index (χ0) is 20.3. The quantitative estimate of drug-likeness (QED) is 0.388. The predicted molar refractivity (Wildman–Crippen MR) is 100 cm³/mol. The third kappa shape index (κ3) is 4.24. The van der Waals surface area contributed by atoms with Crippen molar-refractivity contribution in [2.45, 2.75) is 38.0 Å². The summed E-state index contributed by atoms with van der Waals surface area (Å²) >= 11 is 0. The van der Waals surface area contributed by atoms with Crippen molar-refractivity contribution >= 4 is 23.4 Å². The van der Waals surface area contributed by atoms with E-state index in [2.05, 4.69) is 0 Å². The van der Waals surface area contributed by atoms with Gasteiger partial charge in [-0.05, 0) is 12.5 Å². The van der Waals surface area contributed by atoms with Gasteiger partial charge >= 0.3 is 5.97 Å². The van der Waals surface area contributed by atoms with E-state index in [0.717, 1.165) is 6.42 Å². The summed E-state index contributed by atoms with van der Waals surface area (Å²) < 4.78 is 25.0. The number of hydrogen-bond acceptors (Lipinski definition) is 6. The minimum absolute atomic E-state index is 0.0700. The molecular weight excluding hydrogens is 367 g/mol. The smallest absolute Gasteiger partial charge is 0.313 e. The number of benzene rings is 1. The summed E-state index contributed by atoms with van der Waals surface area (Å²) in [6.45, 7) is 1.34. The molecule has 152 valence electrons. The van der Waals surface area contributed by atoms with E-state index >= 15 is 0 Å². The van der Waals surface area contributed by atoms with Gasteiger partial charge in [0.15, 0.2) is 5.82 Å². The number of nitrogens with zero attached hydrogens (tertiary/aromatic N) is 2. The van der Waals surface area contributed by atoms with E-state index in [9.17, 15) is 14.0 Å². The predicted octanol–water partition coefficient (Wildman–Crippen LogP) is 1.02. The first-order chi connectivity index (χ1) is 13.4. The molecule has 1 amide bonds. The number of esters is 1. The number of fused-ring (bicyclic) bond motifs is 2. The minimum atomic E-state index is -0.664. The molecular formula is C19H25FN4O4. The van der Waals surface area contributed by atoms with Crippen molar-refractivity contribution in [3.8, 4) is 0 Å². The Kier molecular flexibility index (Phi) is 6.13. The standard InChI is InChI=1S/C19H25FN4O4/c1-27-6-5-17(25)24-10-13-7-14(24)9-23(13)15-4-2-3-12(19(15)20)11-28-18(26)8-16(21)22/h2-4,13-14H,5-11H2,1H3,(H3,21,22)/t13-,14-/m0/s1. The van der Waals surface area contributed by atoms with Crippen LogP contribution in [-0.2, 0) is 25.7 Å². The normalized spacial score (nSPS) is 20.5. The van der Waals surface area contributed by atoms with Gasteiger partial charge in [-0.1, -0.05) is 12.1 Å². The highest BCUT2D eigenvalue weighted by molar-refractivity contribution is 5.94. The number of ether oxygens (including phenoxy) is 2. The number of methoxy groups -OCH3 is 1. The molecule has 0 spiro atoms. The minimum Gasteiger partial charge on any atom is -0.460 e. The van der Waals surface area contributed by atoms with Gasteiger partial charge in [-0.15, -0.1) is 0 Å². The molecule has 2 saturated heterocycles. The van der Waals surface area contributed by atoms with Gasteiger partial charge in [0.2, 0.25) is 5.91 Å². The van der Waals surface area contributed by atoms with Crippen molar-refractivity contribution < 1.29 is 23.5 Å². The lowest BCUT2D eigenvalue weighted by atomic mass is 10.1. The number of rotatable bonds is 8. The maximum Gasteiger partial charge on any atom is 0.313 e. The molecule has 0 aliphatic carbocycles. The Morgan fingerprint density at radius 2 is 2.11 bits per heavy atom. The Labute approximate surface area is 162 Å². The molecule has 2 aliphatic heterocycles. The van der Waals surface area contributed by atoms with Crippen LogP contribution in [0.25, 0.3) is 0 Å². The molecule has 2 fully saturated rings. The number of anilines is 1. The Bertz CT molecular complexity index is 772. The molecule has 2 bridgehead atoms. The number of piperazine rings is 1. The SMILES string of the molecule is COCCC(=O)N1C[C@@H]2C[C@H]1CN2c1cccc(COC(=O)CC(=N)N)c1F. The summed E-state index contributed by atoms with van der Waals surface area (Å²) in [5.41, 5.74) is 5.88. The van der Waals surface area contributed by atoms with Crippen LogP contribution in [0.2, 0.25) is 0 Å². The molecule has 0 saturated carbocycles. The van der Waals surface area contributed by atoms with Crippen LogP contribution in [0, 0.1) is 11.2 Å². The van der Waals surface area contributed by atoms with Crippen molar-refractivity contribution in [1.82, 2.24) is 4.90 Å². The molecule has 1 aromatic carbocycles. The highest BCUT2D eigenvalue weighted by Crippen LogP contribution is 2.36. The van der Waals surface area contributed by atoms with Gasteiger partial charge in [-0.2, -0.15) is 0 Å². The summed E-state index contributed by atoms with van der Waals surface area (Å²) in [5.74, 6) is -1.32. The number of amidine groups is 1. The van der Waals surface area contributed by atoms with Gasteiger partial charge in [0, 0.05) is 31.8 Å². The Hall–Kier alpha value is -2.68. The molecule has 3 rings (SSSR count). The Balaban J connectivity index is 1.64. The van der Waals surface area contributed by atoms with Gasteiger partial charge in [0.05, 0.1) is 24.8 Å². The molecule has 2 heterocycles. The molecule has 2 aliphatic rings. The zero-order valence-electron chi connectivity index (χ0n) is 15.8. The fourth-order valence-corrected chi connectivity index (χ4v) is 3.86. The Morgan fingerprint density at radius 1 is 1.32 bits per heavy atom. The van der Waals surface area contributed by atoms with Crippen molar-refractivity contribution in [2.24, 2.45) is 5.73 Å². The van der Waals surface area contributed by atoms with Gasteiger partial charge in [0.1, 0.15) is 18.9 Å². The molecule has 1 aromatic rings. The van der Waals surface area contributed by atoms with Crippen molar-refractivity contribution in [2.75, 3.05) is 31.7 Å². The number of likely N-dealkylation sites (tertiary alicyclic amines) is 1. The van der Waals surface area contributed by atoms with Crippen LogP contribution in [0.15, 0.2) is 18.2 Å². The molecule has 9 heteroatoms. The number of nitrogens with one attached hydrogen (secondary N) is 1. The summed E-state index contributed by atoms with van der Waals surface area (Å²) in [5, 5.41) is 7.09. The van der Waals surface area contributed by atoms with Gasteiger partial charge in [-0.25, -0.2) is 4.39 Å². The summed E-state index contributed by atoms with van der Waals surface area (Å²) in [6, 6.07) is 5.13. The third-order valence-corrected chi connectivity index (χ3v) is 5.17. The lowest BCUT2D eigenvalue weighted by Gasteiger charge is -2.36. The first-order valence-electron chi connectivity index (χ1n) is 9.21. The topological polar surface area (TPSA) is 109 Å². The van der Waals surface area contributed by atoms with E-state index in [1.807, 2.05) is 9.80 Å². The molecule has 28 heavy (non-hydrogen) atoms. The van der Waals surface area contributed by atoms with E-state index in [1.54, 1.807) is 25.3 Å². The Morgan fingerprint density at radius 3 is 2.75 bits per heavy atom. The fourth-order valence-electron chi connectivity index (χ4n) is 3.86.